The zero-order valence-corrected chi connectivity index (χ0v) is 7.41. The molecule has 0 aliphatic rings. The smallest absolute Gasteiger partial charge is 0.336 e. The Morgan fingerprint density at radius 2 is 2.54 bits per heavy atom. The van der Waals surface area contributed by atoms with E-state index in [9.17, 15) is 4.79 Å². The Hall–Kier alpha value is -1.33. The Bertz CT molecular complexity index is 306. The predicted octanol–water partition coefficient (Wildman–Crippen LogP) is 0.835. The van der Waals surface area contributed by atoms with Crippen LogP contribution < -0.4 is 11.2 Å². The summed E-state index contributed by atoms with van der Waals surface area (Å²) in [6, 6.07) is 2.61. The van der Waals surface area contributed by atoms with Gasteiger partial charge < -0.3 is 5.73 Å². The molecular weight excluding hydrogens is 194 g/mol. The van der Waals surface area contributed by atoms with Gasteiger partial charge in [-0.15, -0.1) is 0 Å². The van der Waals surface area contributed by atoms with Crippen LogP contribution in [0.15, 0.2) is 18.3 Å². The Morgan fingerprint density at radius 1 is 1.77 bits per heavy atom. The molecule has 0 atom stereocenters. The van der Waals surface area contributed by atoms with Crippen molar-refractivity contribution in [2.75, 3.05) is 0 Å². The number of primary amides is 1. The quantitative estimate of drug-likeness (QED) is 0.562. The first-order chi connectivity index (χ1) is 6.18. The summed E-state index contributed by atoms with van der Waals surface area (Å²) in [7, 11) is 0. The summed E-state index contributed by atoms with van der Waals surface area (Å²) in [5.41, 5.74) is 7.56. The van der Waals surface area contributed by atoms with Crippen LogP contribution in [0.3, 0.4) is 0 Å². The van der Waals surface area contributed by atoms with Gasteiger partial charge in [0.05, 0.1) is 6.61 Å². The van der Waals surface area contributed by atoms with Gasteiger partial charge in [-0.25, -0.2) is 15.3 Å². The van der Waals surface area contributed by atoms with E-state index in [1.807, 2.05) is 5.48 Å². The average molecular weight is 202 g/mol. The van der Waals surface area contributed by atoms with Crippen molar-refractivity contribution in [3.63, 3.8) is 0 Å². The van der Waals surface area contributed by atoms with Crippen molar-refractivity contribution in [1.29, 1.82) is 0 Å². The van der Waals surface area contributed by atoms with Crippen LogP contribution in [0.4, 0.5) is 4.79 Å². The highest BCUT2D eigenvalue weighted by molar-refractivity contribution is 6.29. The lowest BCUT2D eigenvalue weighted by Crippen LogP contribution is -2.29. The predicted molar refractivity (Wildman–Crippen MR) is 46.8 cm³/mol. The monoisotopic (exact) mass is 201 g/mol. The van der Waals surface area contributed by atoms with E-state index in [-0.39, 0.29) is 6.61 Å². The van der Waals surface area contributed by atoms with Crippen LogP contribution in [0.5, 0.6) is 0 Å². The van der Waals surface area contributed by atoms with Gasteiger partial charge in [-0.2, -0.15) is 0 Å². The van der Waals surface area contributed by atoms with Crippen LogP contribution in [0.25, 0.3) is 0 Å². The van der Waals surface area contributed by atoms with E-state index in [1.54, 1.807) is 18.3 Å². The van der Waals surface area contributed by atoms with Crippen LogP contribution in [0.2, 0.25) is 5.15 Å². The van der Waals surface area contributed by atoms with E-state index in [4.69, 9.17) is 22.2 Å². The molecule has 0 bridgehead atoms. The molecular formula is C7H8ClN3O2. The highest BCUT2D eigenvalue weighted by Gasteiger charge is 1.96. The second-order valence-corrected chi connectivity index (χ2v) is 2.63. The highest BCUT2D eigenvalue weighted by Crippen LogP contribution is 2.07. The summed E-state index contributed by atoms with van der Waals surface area (Å²) in [5.74, 6) is 0. The van der Waals surface area contributed by atoms with Gasteiger partial charge in [0.25, 0.3) is 0 Å². The normalized spacial score (nSPS) is 9.62. The number of pyridine rings is 1. The molecule has 0 saturated carbocycles. The molecule has 1 aromatic heterocycles. The first-order valence-corrected chi connectivity index (χ1v) is 3.84. The number of hydrogen-bond acceptors (Lipinski definition) is 3. The lowest BCUT2D eigenvalue weighted by molar-refractivity contribution is 0.0521. The number of amides is 2. The summed E-state index contributed by atoms with van der Waals surface area (Å²) in [6.45, 7) is 0.200. The van der Waals surface area contributed by atoms with Crippen molar-refractivity contribution in [3.8, 4) is 0 Å². The van der Waals surface area contributed by atoms with Crippen molar-refractivity contribution in [1.82, 2.24) is 10.5 Å². The van der Waals surface area contributed by atoms with Gasteiger partial charge >= 0.3 is 6.03 Å². The van der Waals surface area contributed by atoms with E-state index in [0.717, 1.165) is 5.56 Å². The first kappa shape index (κ1) is 9.76. The van der Waals surface area contributed by atoms with Gasteiger partial charge in [0.15, 0.2) is 0 Å². The number of nitrogens with two attached hydrogens (primary N) is 1. The number of hydroxylamine groups is 1. The van der Waals surface area contributed by atoms with Gasteiger partial charge in [-0.05, 0) is 17.7 Å². The number of halogens is 1. The molecule has 13 heavy (non-hydrogen) atoms. The molecule has 0 unspecified atom stereocenters. The summed E-state index contributed by atoms with van der Waals surface area (Å²) in [5, 5.41) is 0.375. The van der Waals surface area contributed by atoms with E-state index in [1.165, 1.54) is 0 Å². The number of nitrogens with one attached hydrogen (secondary N) is 1. The first-order valence-electron chi connectivity index (χ1n) is 3.46. The summed E-state index contributed by atoms with van der Waals surface area (Å²) in [6.07, 6.45) is 1.55. The van der Waals surface area contributed by atoms with Gasteiger partial charge in [0, 0.05) is 6.20 Å². The molecule has 3 N–H and O–H groups in total. The minimum Gasteiger partial charge on any atom is -0.350 e. The second kappa shape index (κ2) is 4.64. The highest BCUT2D eigenvalue weighted by atomic mass is 35.5. The molecule has 5 nitrogen and oxygen atoms in total. The topological polar surface area (TPSA) is 77.2 Å². The Morgan fingerprint density at radius 3 is 3.15 bits per heavy atom. The van der Waals surface area contributed by atoms with E-state index >= 15 is 0 Å². The minimum absolute atomic E-state index is 0.200. The fourth-order valence-corrected chi connectivity index (χ4v) is 0.919. The molecule has 6 heteroatoms. The summed E-state index contributed by atoms with van der Waals surface area (Å²) >= 11 is 5.61. The molecule has 0 aromatic carbocycles. The number of hydrogen-bond donors (Lipinski definition) is 2. The standard InChI is InChI=1S/C7H8ClN3O2/c8-6-3-5(1-2-10-6)4-13-11-7(9)12/h1-3H,4H2,(H3,9,11,12). The Balaban J connectivity index is 2.41. The molecule has 1 heterocycles. The number of aromatic nitrogens is 1. The summed E-state index contributed by atoms with van der Waals surface area (Å²) in [4.78, 5) is 18.7. The molecule has 0 aliphatic carbocycles. The molecule has 0 fully saturated rings. The van der Waals surface area contributed by atoms with Crippen molar-refractivity contribution in [2.24, 2.45) is 5.73 Å². The molecule has 70 valence electrons. The number of carbonyl (C=O) groups is 1. The van der Waals surface area contributed by atoms with E-state index < -0.39 is 6.03 Å². The van der Waals surface area contributed by atoms with Gasteiger partial charge in [-0.1, -0.05) is 11.6 Å². The average Bonchev–Trinajstić information content (AvgIpc) is 2.03. The summed E-state index contributed by atoms with van der Waals surface area (Å²) < 4.78 is 0. The number of carbonyl (C=O) groups excluding carboxylic acids is 1. The van der Waals surface area contributed by atoms with E-state index in [2.05, 4.69) is 4.98 Å². The SMILES string of the molecule is NC(=O)NOCc1ccnc(Cl)c1. The Kier molecular flexibility index (Phi) is 3.48. The molecule has 0 saturated heterocycles. The third kappa shape index (κ3) is 3.73. The zero-order valence-electron chi connectivity index (χ0n) is 6.66. The molecule has 2 amide bonds. The van der Waals surface area contributed by atoms with Crippen LogP contribution in [0, 0.1) is 0 Å². The maximum atomic E-state index is 10.2. The second-order valence-electron chi connectivity index (χ2n) is 2.24. The van der Waals surface area contributed by atoms with Crippen molar-refractivity contribution in [3.05, 3.63) is 29.0 Å². The molecule has 0 spiro atoms. The molecule has 0 aliphatic heterocycles. The maximum absolute atomic E-state index is 10.2. The fraction of sp³-hybridized carbons (Fsp3) is 0.143. The molecule has 0 radical (unpaired) electrons. The van der Waals surface area contributed by atoms with Crippen LogP contribution in [-0.4, -0.2) is 11.0 Å². The van der Waals surface area contributed by atoms with E-state index in [0.29, 0.717) is 5.15 Å². The number of nitrogens with zero attached hydrogens (tertiary/aromatic N) is 1. The van der Waals surface area contributed by atoms with Gasteiger partial charge in [0.1, 0.15) is 5.15 Å². The lowest BCUT2D eigenvalue weighted by atomic mass is 10.3. The van der Waals surface area contributed by atoms with Gasteiger partial charge in [-0.3, -0.25) is 4.84 Å². The zero-order chi connectivity index (χ0) is 9.68. The van der Waals surface area contributed by atoms with Crippen molar-refractivity contribution in [2.45, 2.75) is 6.61 Å². The lowest BCUT2D eigenvalue weighted by Gasteiger charge is -2.02. The van der Waals surface area contributed by atoms with Crippen molar-refractivity contribution >= 4 is 17.6 Å². The third-order valence-electron chi connectivity index (χ3n) is 1.20. The van der Waals surface area contributed by atoms with Crippen LogP contribution >= 0.6 is 11.6 Å². The number of rotatable bonds is 3. The molecule has 1 rings (SSSR count). The number of urea groups is 1. The Labute approximate surface area is 79.8 Å². The van der Waals surface area contributed by atoms with Crippen molar-refractivity contribution < 1.29 is 9.63 Å². The van der Waals surface area contributed by atoms with Crippen LogP contribution in [-0.2, 0) is 11.4 Å². The largest absolute Gasteiger partial charge is 0.350 e. The minimum atomic E-state index is -0.736. The van der Waals surface area contributed by atoms with Gasteiger partial charge in [0.2, 0.25) is 0 Å². The fourth-order valence-electron chi connectivity index (χ4n) is 0.723. The van der Waals surface area contributed by atoms with Crippen LogP contribution in [0.1, 0.15) is 5.56 Å². The third-order valence-corrected chi connectivity index (χ3v) is 1.41. The maximum Gasteiger partial charge on any atom is 0.336 e. The molecule has 1 aromatic rings.